The fraction of sp³-hybridized carbons (Fsp3) is 0.462. The molecule has 1 aromatic carbocycles. The van der Waals surface area contributed by atoms with Crippen molar-refractivity contribution in [3.05, 3.63) is 30.1 Å². The van der Waals surface area contributed by atoms with Gasteiger partial charge in [-0.2, -0.15) is 0 Å². The van der Waals surface area contributed by atoms with E-state index in [0.717, 1.165) is 5.52 Å². The van der Waals surface area contributed by atoms with Gasteiger partial charge in [0.2, 0.25) is 0 Å². The highest BCUT2D eigenvalue weighted by atomic mass is 15.1. The molecule has 2 nitrogen and oxygen atoms in total. The van der Waals surface area contributed by atoms with Crippen LogP contribution >= 0.6 is 0 Å². The average Bonchev–Trinajstić information content (AvgIpc) is 2.59. The van der Waals surface area contributed by atoms with Crippen molar-refractivity contribution >= 4 is 11.0 Å². The fourth-order valence-electron chi connectivity index (χ4n) is 1.81. The molecule has 0 N–H and O–H groups in total. The van der Waals surface area contributed by atoms with E-state index in [4.69, 9.17) is 0 Å². The molecule has 0 amide bonds. The van der Waals surface area contributed by atoms with Gasteiger partial charge in [0, 0.05) is 6.04 Å². The zero-order valence-electron chi connectivity index (χ0n) is 9.86. The topological polar surface area (TPSA) is 17.8 Å². The van der Waals surface area contributed by atoms with Crippen LogP contribution in [0.1, 0.15) is 45.2 Å². The summed E-state index contributed by atoms with van der Waals surface area (Å²) >= 11 is 0. The van der Waals surface area contributed by atoms with Crippen molar-refractivity contribution < 1.29 is 0 Å². The number of benzene rings is 1. The number of hydrogen-bond acceptors (Lipinski definition) is 1. The van der Waals surface area contributed by atoms with Gasteiger partial charge in [-0.25, -0.2) is 4.98 Å². The van der Waals surface area contributed by atoms with Crippen LogP contribution in [0.2, 0.25) is 0 Å². The molecule has 0 bridgehead atoms. The van der Waals surface area contributed by atoms with Gasteiger partial charge in [0.15, 0.2) is 0 Å². The Kier molecular flexibility index (Phi) is 2.51. The Morgan fingerprint density at radius 3 is 2.47 bits per heavy atom. The van der Waals surface area contributed by atoms with Gasteiger partial charge in [0.05, 0.1) is 17.4 Å². The largest absolute Gasteiger partial charge is 0.328 e. The predicted molar refractivity (Wildman–Crippen MR) is 64.2 cm³/mol. The number of imidazole rings is 1. The molecule has 80 valence electrons. The zero-order chi connectivity index (χ0) is 11.0. The fourth-order valence-corrected chi connectivity index (χ4v) is 1.81. The molecule has 0 saturated heterocycles. The highest BCUT2D eigenvalue weighted by molar-refractivity contribution is 5.76. The van der Waals surface area contributed by atoms with Crippen LogP contribution < -0.4 is 0 Å². The van der Waals surface area contributed by atoms with Crippen LogP contribution in [0.15, 0.2) is 24.5 Å². The van der Waals surface area contributed by atoms with Gasteiger partial charge < -0.3 is 4.57 Å². The molecule has 0 spiro atoms. The predicted octanol–water partition coefficient (Wildman–Crippen LogP) is 3.74. The highest BCUT2D eigenvalue weighted by Crippen LogP contribution is 2.22. The minimum absolute atomic E-state index is 0.470. The first kappa shape index (κ1) is 10.2. The molecular weight excluding hydrogens is 184 g/mol. The van der Waals surface area contributed by atoms with E-state index in [1.165, 1.54) is 11.1 Å². The van der Waals surface area contributed by atoms with Crippen LogP contribution in [0.25, 0.3) is 11.0 Å². The number of rotatable bonds is 2. The van der Waals surface area contributed by atoms with Crippen molar-refractivity contribution in [3.8, 4) is 0 Å². The minimum atomic E-state index is 0.470. The molecule has 2 rings (SSSR count). The lowest BCUT2D eigenvalue weighted by Crippen LogP contribution is -1.98. The second-order valence-corrected chi connectivity index (χ2v) is 4.65. The molecule has 2 heteroatoms. The third-order valence-electron chi connectivity index (χ3n) is 2.82. The Morgan fingerprint density at radius 2 is 1.87 bits per heavy atom. The summed E-state index contributed by atoms with van der Waals surface area (Å²) in [5.74, 6) is 0.574. The molecule has 0 aliphatic heterocycles. The first-order valence-electron chi connectivity index (χ1n) is 5.56. The van der Waals surface area contributed by atoms with Gasteiger partial charge >= 0.3 is 0 Å². The lowest BCUT2D eigenvalue weighted by molar-refractivity contribution is 0.617. The summed E-state index contributed by atoms with van der Waals surface area (Å²) in [7, 11) is 0. The summed E-state index contributed by atoms with van der Waals surface area (Å²) in [6, 6.07) is 7.01. The van der Waals surface area contributed by atoms with Crippen molar-refractivity contribution in [1.82, 2.24) is 9.55 Å². The molecule has 1 aromatic heterocycles. The van der Waals surface area contributed by atoms with Crippen molar-refractivity contribution in [3.63, 3.8) is 0 Å². The molecular formula is C13H18N2. The SMILES string of the molecule is CC(C)c1ccc2ncn(C(C)C)c2c1. The lowest BCUT2D eigenvalue weighted by atomic mass is 10.0. The Labute approximate surface area is 90.9 Å². The molecule has 0 aliphatic carbocycles. The van der Waals surface area contributed by atoms with Gasteiger partial charge in [-0.3, -0.25) is 0 Å². The van der Waals surface area contributed by atoms with E-state index in [2.05, 4.69) is 55.4 Å². The van der Waals surface area contributed by atoms with E-state index >= 15 is 0 Å². The first-order chi connectivity index (χ1) is 7.09. The first-order valence-corrected chi connectivity index (χ1v) is 5.56. The van der Waals surface area contributed by atoms with E-state index in [-0.39, 0.29) is 0 Å². The van der Waals surface area contributed by atoms with Crippen LogP contribution in [0.4, 0.5) is 0 Å². The van der Waals surface area contributed by atoms with Crippen LogP contribution in [-0.4, -0.2) is 9.55 Å². The van der Waals surface area contributed by atoms with E-state index < -0.39 is 0 Å². The monoisotopic (exact) mass is 202 g/mol. The molecule has 0 radical (unpaired) electrons. The van der Waals surface area contributed by atoms with Crippen molar-refractivity contribution in [2.45, 2.75) is 39.7 Å². The van der Waals surface area contributed by atoms with Gasteiger partial charge in [-0.05, 0) is 37.5 Å². The van der Waals surface area contributed by atoms with E-state index in [1.807, 2.05) is 6.33 Å². The zero-order valence-corrected chi connectivity index (χ0v) is 9.86. The third-order valence-corrected chi connectivity index (χ3v) is 2.82. The summed E-state index contributed by atoms with van der Waals surface area (Å²) in [6.07, 6.45) is 1.93. The van der Waals surface area contributed by atoms with Crippen molar-refractivity contribution in [2.24, 2.45) is 0 Å². The highest BCUT2D eigenvalue weighted by Gasteiger charge is 2.07. The smallest absolute Gasteiger partial charge is 0.0960 e. The van der Waals surface area contributed by atoms with E-state index in [1.54, 1.807) is 0 Å². The van der Waals surface area contributed by atoms with Gasteiger partial charge in [0.1, 0.15) is 0 Å². The molecule has 0 aliphatic rings. The Bertz CT molecular complexity index is 466. The summed E-state index contributed by atoms with van der Waals surface area (Å²) in [5, 5.41) is 0. The van der Waals surface area contributed by atoms with Gasteiger partial charge in [-0.15, -0.1) is 0 Å². The number of nitrogens with zero attached hydrogens (tertiary/aromatic N) is 2. The van der Waals surface area contributed by atoms with Crippen LogP contribution in [-0.2, 0) is 0 Å². The normalized spacial score (nSPS) is 11.9. The second kappa shape index (κ2) is 3.69. The molecule has 15 heavy (non-hydrogen) atoms. The maximum absolute atomic E-state index is 4.40. The number of hydrogen-bond donors (Lipinski definition) is 0. The summed E-state index contributed by atoms with van der Waals surface area (Å²) in [5.41, 5.74) is 3.72. The third kappa shape index (κ3) is 1.76. The number of fused-ring (bicyclic) bond motifs is 1. The Balaban J connectivity index is 2.61. The molecule has 0 saturated carbocycles. The van der Waals surface area contributed by atoms with Gasteiger partial charge in [-0.1, -0.05) is 19.9 Å². The minimum Gasteiger partial charge on any atom is -0.328 e. The molecule has 0 fully saturated rings. The van der Waals surface area contributed by atoms with E-state index in [0.29, 0.717) is 12.0 Å². The van der Waals surface area contributed by atoms with Crippen LogP contribution in [0, 0.1) is 0 Å². The van der Waals surface area contributed by atoms with Crippen molar-refractivity contribution in [1.29, 1.82) is 0 Å². The summed E-state index contributed by atoms with van der Waals surface area (Å²) in [4.78, 5) is 4.40. The Morgan fingerprint density at radius 1 is 1.13 bits per heavy atom. The quantitative estimate of drug-likeness (QED) is 0.725. The maximum Gasteiger partial charge on any atom is 0.0960 e. The summed E-state index contributed by atoms with van der Waals surface area (Å²) in [6.45, 7) is 8.81. The van der Waals surface area contributed by atoms with Crippen molar-refractivity contribution in [2.75, 3.05) is 0 Å². The average molecular weight is 202 g/mol. The molecule has 2 aromatic rings. The molecule has 0 unspecified atom stereocenters. The molecule has 0 atom stereocenters. The van der Waals surface area contributed by atoms with Gasteiger partial charge in [0.25, 0.3) is 0 Å². The van der Waals surface area contributed by atoms with E-state index in [9.17, 15) is 0 Å². The maximum atomic E-state index is 4.40. The Hall–Kier alpha value is -1.31. The summed E-state index contributed by atoms with van der Waals surface area (Å²) < 4.78 is 2.22. The lowest BCUT2D eigenvalue weighted by Gasteiger charge is -2.10. The molecule has 1 heterocycles. The second-order valence-electron chi connectivity index (χ2n) is 4.65. The number of aromatic nitrogens is 2. The van der Waals surface area contributed by atoms with Crippen LogP contribution in [0.5, 0.6) is 0 Å². The standard InChI is InChI=1S/C13H18N2/c1-9(2)11-5-6-12-13(7-11)15(8-14-12)10(3)4/h5-10H,1-4H3. The van der Waals surface area contributed by atoms with Crippen LogP contribution in [0.3, 0.4) is 0 Å².